The molecule has 33 heavy (non-hydrogen) atoms. The summed E-state index contributed by atoms with van der Waals surface area (Å²) < 4.78 is 39.6. The number of thioether (sulfide) groups is 1. The van der Waals surface area contributed by atoms with Crippen LogP contribution >= 0.6 is 11.8 Å². The smallest absolute Gasteiger partial charge is 0.387 e. The van der Waals surface area contributed by atoms with Crippen molar-refractivity contribution in [2.45, 2.75) is 24.5 Å². The second-order valence-electron chi connectivity index (χ2n) is 6.54. The lowest BCUT2D eigenvalue weighted by Crippen LogP contribution is -2.30. The lowest BCUT2D eigenvalue weighted by Gasteiger charge is -2.16. The topological polar surface area (TPSA) is 103 Å². The molecular weight excluding hydrogens is 458 g/mol. The van der Waals surface area contributed by atoms with Crippen LogP contribution in [0.5, 0.6) is 5.75 Å². The van der Waals surface area contributed by atoms with Crippen molar-refractivity contribution in [1.29, 1.82) is 0 Å². The van der Waals surface area contributed by atoms with Crippen LogP contribution in [0.4, 0.5) is 14.5 Å². The molecular formula is C22H24F2N2O6S. The number of halogens is 2. The molecule has 2 aromatic carbocycles. The minimum absolute atomic E-state index is 0.0149. The normalized spacial score (nSPS) is 11.5. The molecule has 2 N–H and O–H groups in total. The fourth-order valence-corrected chi connectivity index (χ4v) is 3.40. The zero-order valence-electron chi connectivity index (χ0n) is 18.0. The van der Waals surface area contributed by atoms with Gasteiger partial charge >= 0.3 is 12.6 Å². The van der Waals surface area contributed by atoms with Gasteiger partial charge in [-0.25, -0.2) is 4.79 Å². The molecule has 0 fully saturated rings. The third-order valence-corrected chi connectivity index (χ3v) is 5.18. The molecule has 2 amide bonds. The summed E-state index contributed by atoms with van der Waals surface area (Å²) >= 11 is 1.15. The minimum Gasteiger partial charge on any atom is -0.449 e. The second kappa shape index (κ2) is 13.4. The average molecular weight is 483 g/mol. The van der Waals surface area contributed by atoms with Crippen LogP contribution in [-0.2, 0) is 19.1 Å². The first-order chi connectivity index (χ1) is 15.8. The third kappa shape index (κ3) is 8.70. The number of rotatable bonds is 12. The highest BCUT2D eigenvalue weighted by molar-refractivity contribution is 8.00. The van der Waals surface area contributed by atoms with Gasteiger partial charge in [0.2, 0.25) is 5.91 Å². The van der Waals surface area contributed by atoms with E-state index in [0.717, 1.165) is 11.8 Å². The first kappa shape index (κ1) is 26.1. The molecule has 178 valence electrons. The largest absolute Gasteiger partial charge is 0.449 e. The molecule has 1 unspecified atom stereocenters. The highest BCUT2D eigenvalue weighted by atomic mass is 32.2. The van der Waals surface area contributed by atoms with Crippen LogP contribution in [0, 0.1) is 0 Å². The van der Waals surface area contributed by atoms with Gasteiger partial charge in [0.15, 0.2) is 6.10 Å². The number of alkyl halides is 2. The quantitative estimate of drug-likeness (QED) is 0.272. The van der Waals surface area contributed by atoms with Crippen LogP contribution in [-0.4, -0.2) is 56.5 Å². The van der Waals surface area contributed by atoms with Crippen molar-refractivity contribution in [3.8, 4) is 5.75 Å². The number of ether oxygens (including phenoxy) is 3. The Bertz CT molecular complexity index is 960. The summed E-state index contributed by atoms with van der Waals surface area (Å²) in [7, 11) is 1.53. The van der Waals surface area contributed by atoms with Crippen LogP contribution in [0.1, 0.15) is 17.3 Å². The molecule has 0 aliphatic heterocycles. The highest BCUT2D eigenvalue weighted by Gasteiger charge is 2.22. The van der Waals surface area contributed by atoms with E-state index in [1.165, 1.54) is 44.4 Å². The molecule has 0 aliphatic carbocycles. The van der Waals surface area contributed by atoms with E-state index in [2.05, 4.69) is 15.4 Å². The fraction of sp³-hybridized carbons (Fsp3) is 0.318. The lowest BCUT2D eigenvalue weighted by molar-refractivity contribution is -0.124. The molecule has 0 aliphatic rings. The van der Waals surface area contributed by atoms with Crippen molar-refractivity contribution in [2.75, 3.05) is 31.3 Å². The predicted octanol–water partition coefficient (Wildman–Crippen LogP) is 3.33. The van der Waals surface area contributed by atoms with Gasteiger partial charge in [-0.2, -0.15) is 8.78 Å². The Balaban J connectivity index is 1.98. The Kier molecular flexibility index (Phi) is 10.6. The van der Waals surface area contributed by atoms with Gasteiger partial charge in [-0.3, -0.25) is 9.59 Å². The predicted molar refractivity (Wildman–Crippen MR) is 119 cm³/mol. The van der Waals surface area contributed by atoms with E-state index >= 15 is 0 Å². The number of benzene rings is 2. The van der Waals surface area contributed by atoms with Crippen molar-refractivity contribution in [2.24, 2.45) is 0 Å². The molecule has 0 spiro atoms. The standard InChI is InChI=1S/C22H24F2N2O6S/c1-14(20(28)26-16-8-4-5-9-17(16)32-22(23)24)31-21(29)15-7-3-6-10-18(15)33-13-19(27)25-11-12-30-2/h3-10,14,22H,11-13H2,1-2H3,(H,25,27)(H,26,28). The van der Waals surface area contributed by atoms with Crippen LogP contribution in [0.25, 0.3) is 0 Å². The Morgan fingerprint density at radius 3 is 2.48 bits per heavy atom. The first-order valence-electron chi connectivity index (χ1n) is 9.85. The highest BCUT2D eigenvalue weighted by Crippen LogP contribution is 2.26. The summed E-state index contributed by atoms with van der Waals surface area (Å²) in [5.74, 6) is -1.86. The van der Waals surface area contributed by atoms with E-state index in [-0.39, 0.29) is 28.7 Å². The van der Waals surface area contributed by atoms with Gasteiger partial charge in [0, 0.05) is 18.6 Å². The van der Waals surface area contributed by atoms with Gasteiger partial charge in [-0.1, -0.05) is 24.3 Å². The van der Waals surface area contributed by atoms with Gasteiger partial charge in [-0.15, -0.1) is 11.8 Å². The fourth-order valence-electron chi connectivity index (χ4n) is 2.53. The van der Waals surface area contributed by atoms with Gasteiger partial charge in [0.1, 0.15) is 5.75 Å². The SMILES string of the molecule is COCCNC(=O)CSc1ccccc1C(=O)OC(C)C(=O)Nc1ccccc1OC(F)F. The Morgan fingerprint density at radius 1 is 1.06 bits per heavy atom. The van der Waals surface area contributed by atoms with Crippen molar-refractivity contribution >= 4 is 35.2 Å². The van der Waals surface area contributed by atoms with Gasteiger partial charge in [0.05, 0.1) is 23.6 Å². The number of para-hydroxylation sites is 2. The number of methoxy groups -OCH3 is 1. The summed E-state index contributed by atoms with van der Waals surface area (Å²) in [6.07, 6.45) is -1.23. The summed E-state index contributed by atoms with van der Waals surface area (Å²) in [5, 5.41) is 5.09. The van der Waals surface area contributed by atoms with Crippen LogP contribution in [0.15, 0.2) is 53.4 Å². The van der Waals surface area contributed by atoms with Crippen LogP contribution < -0.4 is 15.4 Å². The van der Waals surface area contributed by atoms with Crippen LogP contribution in [0.3, 0.4) is 0 Å². The van der Waals surface area contributed by atoms with Crippen molar-refractivity contribution in [3.05, 3.63) is 54.1 Å². The number of nitrogens with one attached hydrogen (secondary N) is 2. The summed E-state index contributed by atoms with van der Waals surface area (Å²) in [4.78, 5) is 37.5. The second-order valence-corrected chi connectivity index (χ2v) is 7.56. The molecule has 0 aromatic heterocycles. The number of esters is 1. The number of carbonyl (C=O) groups excluding carboxylic acids is 3. The van der Waals surface area contributed by atoms with E-state index in [1.54, 1.807) is 18.2 Å². The average Bonchev–Trinajstić information content (AvgIpc) is 2.79. The molecule has 2 rings (SSSR count). The summed E-state index contributed by atoms with van der Waals surface area (Å²) in [5.41, 5.74) is 0.203. The van der Waals surface area contributed by atoms with Crippen molar-refractivity contribution < 1.29 is 37.4 Å². The molecule has 0 saturated carbocycles. The third-order valence-electron chi connectivity index (χ3n) is 4.11. The van der Waals surface area contributed by atoms with Crippen LogP contribution in [0.2, 0.25) is 0 Å². The Hall–Kier alpha value is -3.18. The summed E-state index contributed by atoms with van der Waals surface area (Å²) in [6.45, 7) is -0.951. The Labute approximate surface area is 194 Å². The van der Waals surface area contributed by atoms with Crippen molar-refractivity contribution in [3.63, 3.8) is 0 Å². The molecule has 0 heterocycles. The van der Waals surface area contributed by atoms with Gasteiger partial charge in [-0.05, 0) is 31.2 Å². The maximum absolute atomic E-state index is 12.6. The number of amides is 2. The number of hydrogen-bond acceptors (Lipinski definition) is 7. The van der Waals surface area contributed by atoms with E-state index < -0.39 is 24.6 Å². The first-order valence-corrected chi connectivity index (χ1v) is 10.8. The van der Waals surface area contributed by atoms with Crippen molar-refractivity contribution in [1.82, 2.24) is 5.32 Å². The number of carbonyl (C=O) groups is 3. The van der Waals surface area contributed by atoms with E-state index in [0.29, 0.717) is 18.0 Å². The molecule has 1 atom stereocenters. The minimum atomic E-state index is -3.06. The molecule has 11 heteroatoms. The molecule has 8 nitrogen and oxygen atoms in total. The monoisotopic (exact) mass is 482 g/mol. The van der Waals surface area contributed by atoms with Gasteiger partial charge < -0.3 is 24.8 Å². The maximum Gasteiger partial charge on any atom is 0.387 e. The zero-order chi connectivity index (χ0) is 24.2. The van der Waals surface area contributed by atoms with E-state index in [1.807, 2.05) is 0 Å². The van der Waals surface area contributed by atoms with Gasteiger partial charge in [0.25, 0.3) is 5.91 Å². The lowest BCUT2D eigenvalue weighted by atomic mass is 10.2. The zero-order valence-corrected chi connectivity index (χ0v) is 18.8. The van der Waals surface area contributed by atoms with E-state index in [9.17, 15) is 23.2 Å². The number of anilines is 1. The molecule has 0 saturated heterocycles. The molecule has 0 bridgehead atoms. The van der Waals surface area contributed by atoms with E-state index in [4.69, 9.17) is 9.47 Å². The summed E-state index contributed by atoms with van der Waals surface area (Å²) in [6, 6.07) is 12.2. The maximum atomic E-state index is 12.6. The molecule has 2 aromatic rings. The Morgan fingerprint density at radius 2 is 1.76 bits per heavy atom. The number of hydrogen-bond donors (Lipinski definition) is 2. The molecule has 0 radical (unpaired) electrons.